The summed E-state index contributed by atoms with van der Waals surface area (Å²) in [6.45, 7) is 0. The Labute approximate surface area is 134 Å². The van der Waals surface area contributed by atoms with Crippen LogP contribution in [-0.2, 0) is 4.74 Å². The third-order valence-corrected chi connectivity index (χ3v) is 4.02. The zero-order chi connectivity index (χ0) is 17.0. The van der Waals surface area contributed by atoms with Gasteiger partial charge in [-0.25, -0.2) is 9.78 Å². The van der Waals surface area contributed by atoms with Crippen LogP contribution in [0.1, 0.15) is 20.8 Å². The van der Waals surface area contributed by atoms with Gasteiger partial charge in [0.15, 0.2) is 5.69 Å². The second-order valence-corrected chi connectivity index (χ2v) is 5.31. The fraction of sp³-hybridized carbons (Fsp3) is 0.0625. The summed E-state index contributed by atoms with van der Waals surface area (Å²) >= 11 is 0. The molecule has 3 heterocycles. The minimum atomic E-state index is -0.669. The molecule has 120 valence electrons. The summed E-state index contributed by atoms with van der Waals surface area (Å²) in [5.74, 6) is -1.21. The predicted octanol–water partition coefficient (Wildman–Crippen LogP) is 1.56. The molecule has 1 amide bonds. The Bertz CT molecular complexity index is 1160. The number of ether oxygens (including phenoxy) is 1. The Balaban J connectivity index is 2.27. The number of aromatic nitrogens is 3. The van der Waals surface area contributed by atoms with Crippen molar-refractivity contribution in [1.82, 2.24) is 14.4 Å². The quantitative estimate of drug-likeness (QED) is 0.483. The summed E-state index contributed by atoms with van der Waals surface area (Å²) in [6.07, 6.45) is 2.80. The van der Waals surface area contributed by atoms with Crippen LogP contribution in [0.4, 0.5) is 0 Å². The Hall–Kier alpha value is -3.55. The molecule has 4 aromatic rings. The molecule has 0 radical (unpaired) electrons. The highest BCUT2D eigenvalue weighted by Crippen LogP contribution is 2.35. The Kier molecular flexibility index (Phi) is 2.77. The number of primary amides is 1. The number of amides is 1. The smallest absolute Gasteiger partial charge is 0.356 e. The molecule has 3 aromatic heterocycles. The van der Waals surface area contributed by atoms with Gasteiger partial charge in [0.25, 0.3) is 5.91 Å². The van der Waals surface area contributed by atoms with E-state index in [2.05, 4.69) is 9.97 Å². The maximum absolute atomic E-state index is 11.9. The van der Waals surface area contributed by atoms with Gasteiger partial charge < -0.3 is 20.6 Å². The molecule has 1 aromatic carbocycles. The number of nitrogens with one attached hydrogen (secondary N) is 1. The van der Waals surface area contributed by atoms with Crippen LogP contribution in [-0.4, -0.2) is 38.5 Å². The van der Waals surface area contributed by atoms with Crippen LogP contribution >= 0.6 is 0 Å². The summed E-state index contributed by atoms with van der Waals surface area (Å²) in [5, 5.41) is 11.3. The first kappa shape index (κ1) is 14.1. The van der Waals surface area contributed by atoms with E-state index in [9.17, 15) is 14.7 Å². The van der Waals surface area contributed by atoms with E-state index in [4.69, 9.17) is 10.5 Å². The number of methoxy groups -OCH3 is 1. The number of aromatic hydroxyl groups is 1. The molecule has 0 unspecified atom stereocenters. The standard InChI is InChI=1S/C16H12N4O4/c1-24-16(23)9-5-18-15-11-7-3-2-4-10(21)12(7)19-13(11)8(14(17)22)6-20(9)15/h2-6,19,21H,1H3,(H2,17,22). The zero-order valence-corrected chi connectivity index (χ0v) is 12.5. The molecule has 8 nitrogen and oxygen atoms in total. The molecule has 0 atom stereocenters. The Morgan fingerprint density at radius 2 is 2.12 bits per heavy atom. The first-order valence-corrected chi connectivity index (χ1v) is 7.04. The molecule has 0 bridgehead atoms. The Morgan fingerprint density at radius 1 is 1.33 bits per heavy atom. The maximum atomic E-state index is 11.9. The van der Waals surface area contributed by atoms with Crippen molar-refractivity contribution >= 4 is 39.3 Å². The van der Waals surface area contributed by atoms with Gasteiger partial charge in [-0.15, -0.1) is 0 Å². The van der Waals surface area contributed by atoms with Crippen LogP contribution in [0, 0.1) is 0 Å². The molecule has 0 aliphatic carbocycles. The van der Waals surface area contributed by atoms with Crippen LogP contribution in [0.15, 0.2) is 30.6 Å². The number of phenols is 1. The summed E-state index contributed by atoms with van der Waals surface area (Å²) < 4.78 is 6.20. The topological polar surface area (TPSA) is 123 Å². The van der Waals surface area contributed by atoms with E-state index in [1.807, 2.05) is 0 Å². The molecule has 0 saturated carbocycles. The minimum Gasteiger partial charge on any atom is -0.506 e. The number of nitrogens with zero attached hydrogens (tertiary/aromatic N) is 2. The summed E-state index contributed by atoms with van der Waals surface area (Å²) in [6, 6.07) is 5.00. The normalized spacial score (nSPS) is 11.4. The molecular formula is C16H12N4O4. The van der Waals surface area contributed by atoms with E-state index < -0.39 is 11.9 Å². The van der Waals surface area contributed by atoms with Crippen LogP contribution in [0.3, 0.4) is 0 Å². The van der Waals surface area contributed by atoms with Gasteiger partial charge in [0.05, 0.1) is 35.3 Å². The number of carbonyl (C=O) groups is 2. The van der Waals surface area contributed by atoms with Crippen LogP contribution in [0.2, 0.25) is 0 Å². The number of imidazole rings is 1. The molecular weight excluding hydrogens is 312 g/mol. The van der Waals surface area contributed by atoms with Crippen LogP contribution < -0.4 is 5.73 Å². The lowest BCUT2D eigenvalue weighted by Gasteiger charge is -2.04. The van der Waals surface area contributed by atoms with E-state index in [1.54, 1.807) is 12.1 Å². The molecule has 0 spiro atoms. The van der Waals surface area contributed by atoms with Crippen molar-refractivity contribution in [2.75, 3.05) is 7.11 Å². The SMILES string of the molecule is COC(=O)c1cnc2c3c([nH]c4c(O)cccc43)c(C(N)=O)cn12. The van der Waals surface area contributed by atoms with Crippen molar-refractivity contribution in [2.45, 2.75) is 0 Å². The number of pyridine rings is 1. The predicted molar refractivity (Wildman–Crippen MR) is 86.1 cm³/mol. The molecule has 0 fully saturated rings. The third kappa shape index (κ3) is 1.70. The lowest BCUT2D eigenvalue weighted by molar-refractivity contribution is 0.0592. The fourth-order valence-corrected chi connectivity index (χ4v) is 2.95. The van der Waals surface area contributed by atoms with Crippen molar-refractivity contribution in [2.24, 2.45) is 5.73 Å². The number of H-pyrrole nitrogens is 1. The first-order valence-electron chi connectivity index (χ1n) is 7.04. The lowest BCUT2D eigenvalue weighted by atomic mass is 10.1. The number of rotatable bonds is 2. The second-order valence-electron chi connectivity index (χ2n) is 5.31. The molecule has 24 heavy (non-hydrogen) atoms. The van der Waals surface area contributed by atoms with Gasteiger partial charge in [-0.1, -0.05) is 12.1 Å². The highest BCUT2D eigenvalue weighted by Gasteiger charge is 2.21. The van der Waals surface area contributed by atoms with Gasteiger partial charge in [0, 0.05) is 11.6 Å². The van der Waals surface area contributed by atoms with E-state index in [1.165, 1.54) is 30.0 Å². The van der Waals surface area contributed by atoms with Crippen molar-refractivity contribution in [3.8, 4) is 5.75 Å². The molecule has 0 aliphatic heterocycles. The Morgan fingerprint density at radius 3 is 2.83 bits per heavy atom. The molecule has 8 heteroatoms. The first-order chi connectivity index (χ1) is 11.5. The minimum absolute atomic E-state index is 0.0389. The van der Waals surface area contributed by atoms with E-state index in [-0.39, 0.29) is 17.0 Å². The number of aromatic amines is 1. The summed E-state index contributed by atoms with van der Waals surface area (Å²) in [5.41, 5.74) is 7.20. The number of esters is 1. The summed E-state index contributed by atoms with van der Waals surface area (Å²) in [4.78, 5) is 31.1. The number of phenolic OH excluding ortho intramolecular Hbond substituents is 1. The van der Waals surface area contributed by atoms with Gasteiger partial charge in [-0.3, -0.25) is 9.20 Å². The highest BCUT2D eigenvalue weighted by molar-refractivity contribution is 6.20. The summed E-state index contributed by atoms with van der Waals surface area (Å²) in [7, 11) is 1.26. The average Bonchev–Trinajstić information content (AvgIpc) is 3.14. The lowest BCUT2D eigenvalue weighted by Crippen LogP contribution is -2.14. The van der Waals surface area contributed by atoms with Crippen molar-refractivity contribution in [3.63, 3.8) is 0 Å². The number of nitrogens with two attached hydrogens (primary N) is 1. The molecule has 4 rings (SSSR count). The maximum Gasteiger partial charge on any atom is 0.356 e. The van der Waals surface area contributed by atoms with Crippen molar-refractivity contribution in [1.29, 1.82) is 0 Å². The third-order valence-electron chi connectivity index (χ3n) is 4.02. The number of benzene rings is 1. The molecule has 4 N–H and O–H groups in total. The monoisotopic (exact) mass is 324 g/mol. The number of fused-ring (bicyclic) bond motifs is 5. The number of hydrogen-bond acceptors (Lipinski definition) is 5. The van der Waals surface area contributed by atoms with Gasteiger partial charge >= 0.3 is 5.97 Å². The largest absolute Gasteiger partial charge is 0.506 e. The van der Waals surface area contributed by atoms with E-state index >= 15 is 0 Å². The molecule has 0 aliphatic rings. The van der Waals surface area contributed by atoms with Gasteiger partial charge in [-0.05, 0) is 6.07 Å². The average molecular weight is 324 g/mol. The van der Waals surface area contributed by atoms with Crippen LogP contribution in [0.25, 0.3) is 27.5 Å². The second kappa shape index (κ2) is 4.72. The van der Waals surface area contributed by atoms with Gasteiger partial charge in [0.2, 0.25) is 0 Å². The van der Waals surface area contributed by atoms with Crippen LogP contribution in [0.5, 0.6) is 5.75 Å². The zero-order valence-electron chi connectivity index (χ0n) is 12.5. The van der Waals surface area contributed by atoms with E-state index in [0.29, 0.717) is 27.5 Å². The fourth-order valence-electron chi connectivity index (χ4n) is 2.95. The van der Waals surface area contributed by atoms with Gasteiger partial charge in [0.1, 0.15) is 11.4 Å². The number of carbonyl (C=O) groups excluding carboxylic acids is 2. The van der Waals surface area contributed by atoms with Crippen molar-refractivity contribution in [3.05, 3.63) is 41.9 Å². The highest BCUT2D eigenvalue weighted by atomic mass is 16.5. The number of para-hydroxylation sites is 1. The van der Waals surface area contributed by atoms with E-state index in [0.717, 1.165) is 0 Å². The number of hydrogen-bond donors (Lipinski definition) is 3. The molecule has 0 saturated heterocycles. The van der Waals surface area contributed by atoms with Crippen molar-refractivity contribution < 1.29 is 19.4 Å². The van der Waals surface area contributed by atoms with Gasteiger partial charge in [-0.2, -0.15) is 0 Å².